The predicted octanol–water partition coefficient (Wildman–Crippen LogP) is 6.29. The van der Waals surface area contributed by atoms with Crippen LogP contribution in [0.3, 0.4) is 0 Å². The first-order chi connectivity index (χ1) is 20.4. The van der Waals surface area contributed by atoms with E-state index in [9.17, 15) is 4.79 Å². The second-order valence-corrected chi connectivity index (χ2v) is 10.9. The molecular weight excluding hydrogens is 544 g/mol. The fourth-order valence-electron chi connectivity index (χ4n) is 5.94. The van der Waals surface area contributed by atoms with E-state index >= 15 is 0 Å². The zero-order valence-corrected chi connectivity index (χ0v) is 24.6. The number of imidazole rings is 1. The Morgan fingerprint density at radius 3 is 1.88 bits per heavy atom. The van der Waals surface area contributed by atoms with E-state index < -0.39 is 23.8 Å². The lowest BCUT2D eigenvalue weighted by Crippen LogP contribution is -2.55. The van der Waals surface area contributed by atoms with Crippen LogP contribution in [0.15, 0.2) is 115 Å². The van der Waals surface area contributed by atoms with Gasteiger partial charge in [-0.3, -0.25) is 4.90 Å². The molecule has 1 saturated heterocycles. The van der Waals surface area contributed by atoms with E-state index in [-0.39, 0.29) is 11.8 Å². The highest BCUT2D eigenvalue weighted by atomic mass is 32.1. The molecule has 0 bridgehead atoms. The Morgan fingerprint density at radius 1 is 0.881 bits per heavy atom. The third-order valence-electron chi connectivity index (χ3n) is 7.86. The summed E-state index contributed by atoms with van der Waals surface area (Å²) in [5, 5.41) is 0.288. The molecule has 7 nitrogen and oxygen atoms in total. The number of fused-ring (bicyclic) bond motifs is 1. The average Bonchev–Trinajstić information content (AvgIpc) is 3.57. The van der Waals surface area contributed by atoms with Gasteiger partial charge in [-0.15, -0.1) is 0 Å². The van der Waals surface area contributed by atoms with Gasteiger partial charge >= 0.3 is 6.09 Å². The van der Waals surface area contributed by atoms with Gasteiger partial charge < -0.3 is 18.9 Å². The number of thiocarbonyl (C=S) groups is 1. The molecule has 6 rings (SSSR count). The van der Waals surface area contributed by atoms with E-state index in [2.05, 4.69) is 36.4 Å². The van der Waals surface area contributed by atoms with Gasteiger partial charge in [0.1, 0.15) is 18.2 Å². The molecule has 1 aromatic heterocycles. The van der Waals surface area contributed by atoms with Gasteiger partial charge in [0, 0.05) is 21.1 Å². The summed E-state index contributed by atoms with van der Waals surface area (Å²) in [6, 6.07) is 37.5. The van der Waals surface area contributed by atoms with Gasteiger partial charge in [-0.05, 0) is 41.0 Å². The summed E-state index contributed by atoms with van der Waals surface area (Å²) in [6.07, 6.45) is -1.18. The molecule has 0 unspecified atom stereocenters. The number of cyclic esters (lactones) is 1. The van der Waals surface area contributed by atoms with E-state index in [1.165, 1.54) is 0 Å². The average molecular weight is 577 g/mol. The van der Waals surface area contributed by atoms with Crippen molar-refractivity contribution < 1.29 is 14.3 Å². The highest BCUT2D eigenvalue weighted by Crippen LogP contribution is 2.47. The summed E-state index contributed by atoms with van der Waals surface area (Å²) in [6.45, 7) is 0.0942. The zero-order chi connectivity index (χ0) is 29.3. The van der Waals surface area contributed by atoms with E-state index in [1.807, 2.05) is 109 Å². The molecule has 1 amide bonds. The quantitative estimate of drug-likeness (QED) is 0.168. The molecule has 1 fully saturated rings. The van der Waals surface area contributed by atoms with Crippen LogP contribution in [0, 0.1) is 0 Å². The number of amides is 1. The number of para-hydroxylation sites is 2. The second-order valence-electron chi connectivity index (χ2n) is 10.5. The van der Waals surface area contributed by atoms with Crippen LogP contribution in [-0.2, 0) is 22.1 Å². The predicted molar refractivity (Wildman–Crippen MR) is 167 cm³/mol. The highest BCUT2D eigenvalue weighted by Gasteiger charge is 2.55. The molecule has 0 radical (unpaired) electrons. The van der Waals surface area contributed by atoms with Crippen molar-refractivity contribution >= 4 is 34.5 Å². The van der Waals surface area contributed by atoms with Gasteiger partial charge in [0.15, 0.2) is 11.9 Å². The first-order valence-electron chi connectivity index (χ1n) is 13.8. The van der Waals surface area contributed by atoms with E-state index in [0.717, 1.165) is 27.7 Å². The Hall–Kier alpha value is -4.69. The van der Waals surface area contributed by atoms with E-state index in [1.54, 1.807) is 4.90 Å². The first kappa shape index (κ1) is 27.5. The molecule has 0 N–H and O–H groups in total. The second kappa shape index (κ2) is 11.3. The molecule has 5 aromatic rings. The van der Waals surface area contributed by atoms with Crippen molar-refractivity contribution in [3.8, 4) is 0 Å². The molecule has 8 heteroatoms. The van der Waals surface area contributed by atoms with Crippen molar-refractivity contribution in [3.05, 3.63) is 138 Å². The maximum absolute atomic E-state index is 14.1. The molecule has 1 aliphatic rings. The number of carbonyl (C=O) groups is 1. The summed E-state index contributed by atoms with van der Waals surface area (Å²) in [5.41, 5.74) is 3.50. The van der Waals surface area contributed by atoms with E-state index in [4.69, 9.17) is 26.7 Å². The topological polar surface area (TPSA) is 59.8 Å². The Bertz CT molecular complexity index is 1610. The standard InChI is InChI=1S/C34H32N4O3S/c1-36(2)33(42)41-30(31-35-27-21-13-14-22-28(27)37(31)3)29-23-40-32(39)38(29)34(24-15-7-4-8-16-24,25-17-9-5-10-18-25)26-19-11-6-12-20-26/h4-22,29-30H,23H2,1-3H3/t29-,30-/m0/s1. The molecule has 212 valence electrons. The number of hydrogen-bond acceptors (Lipinski definition) is 5. The minimum Gasteiger partial charge on any atom is -0.457 e. The van der Waals surface area contributed by atoms with Crippen molar-refractivity contribution in [2.45, 2.75) is 17.7 Å². The molecule has 2 heterocycles. The number of aromatic nitrogens is 2. The number of aryl methyl sites for hydroxylation is 1. The summed E-state index contributed by atoms with van der Waals surface area (Å²) >= 11 is 5.68. The van der Waals surface area contributed by atoms with Crippen LogP contribution in [0.4, 0.5) is 4.79 Å². The lowest BCUT2D eigenvalue weighted by molar-refractivity contribution is 0.0508. The summed E-state index contributed by atoms with van der Waals surface area (Å²) in [7, 11) is 5.63. The molecule has 1 aliphatic heterocycles. The SMILES string of the molecule is CN(C)C(=S)O[C@H](c1nc2ccccc2n1C)[C@@H]1COC(=O)N1C(c1ccccc1)(c1ccccc1)c1ccccc1. The molecule has 42 heavy (non-hydrogen) atoms. The fourth-order valence-corrected chi connectivity index (χ4v) is 6.04. The van der Waals surface area contributed by atoms with Crippen LogP contribution in [0.2, 0.25) is 0 Å². The number of ether oxygens (including phenoxy) is 2. The van der Waals surface area contributed by atoms with Crippen LogP contribution >= 0.6 is 12.2 Å². The molecule has 0 saturated carbocycles. The van der Waals surface area contributed by atoms with Crippen molar-refractivity contribution in [1.82, 2.24) is 19.4 Å². The molecule has 0 aliphatic carbocycles. The van der Waals surface area contributed by atoms with Crippen molar-refractivity contribution in [2.24, 2.45) is 7.05 Å². The number of nitrogens with zero attached hydrogens (tertiary/aromatic N) is 4. The minimum absolute atomic E-state index is 0.0942. The van der Waals surface area contributed by atoms with Gasteiger partial charge in [0.05, 0.1) is 11.0 Å². The van der Waals surface area contributed by atoms with Crippen molar-refractivity contribution in [2.75, 3.05) is 20.7 Å². The molecule has 4 aromatic carbocycles. The minimum atomic E-state index is -1.05. The van der Waals surface area contributed by atoms with Crippen LogP contribution in [-0.4, -0.2) is 57.4 Å². The van der Waals surface area contributed by atoms with Gasteiger partial charge in [0.2, 0.25) is 0 Å². The Kier molecular flexibility index (Phi) is 7.39. The molecule has 2 atom stereocenters. The van der Waals surface area contributed by atoms with Gasteiger partial charge in [-0.1, -0.05) is 103 Å². The Labute approximate surface area is 250 Å². The summed E-state index contributed by atoms with van der Waals surface area (Å²) < 4.78 is 14.5. The van der Waals surface area contributed by atoms with Crippen LogP contribution < -0.4 is 0 Å². The highest BCUT2D eigenvalue weighted by molar-refractivity contribution is 7.80. The Morgan fingerprint density at radius 2 is 1.38 bits per heavy atom. The van der Waals surface area contributed by atoms with Crippen LogP contribution in [0.25, 0.3) is 11.0 Å². The molecular formula is C34H32N4O3S. The van der Waals surface area contributed by atoms with Crippen molar-refractivity contribution in [1.29, 1.82) is 0 Å². The Balaban J connectivity index is 1.63. The van der Waals surface area contributed by atoms with Gasteiger partial charge in [-0.25, -0.2) is 9.78 Å². The van der Waals surface area contributed by atoms with Gasteiger partial charge in [0.25, 0.3) is 5.17 Å². The summed E-state index contributed by atoms with van der Waals surface area (Å²) in [4.78, 5) is 22.7. The van der Waals surface area contributed by atoms with Crippen LogP contribution in [0.5, 0.6) is 0 Å². The van der Waals surface area contributed by atoms with Crippen LogP contribution in [0.1, 0.15) is 28.6 Å². The first-order valence-corrected chi connectivity index (χ1v) is 14.3. The number of hydrogen-bond donors (Lipinski definition) is 0. The zero-order valence-electron chi connectivity index (χ0n) is 23.8. The monoisotopic (exact) mass is 576 g/mol. The number of benzene rings is 4. The van der Waals surface area contributed by atoms with Crippen molar-refractivity contribution in [3.63, 3.8) is 0 Å². The summed E-state index contributed by atoms with van der Waals surface area (Å²) in [5.74, 6) is 0.650. The number of carbonyl (C=O) groups excluding carboxylic acids is 1. The normalized spacial score (nSPS) is 15.8. The smallest absolute Gasteiger partial charge is 0.411 e. The van der Waals surface area contributed by atoms with E-state index in [0.29, 0.717) is 5.82 Å². The molecule has 0 spiro atoms. The lowest BCUT2D eigenvalue weighted by Gasteiger charge is -2.46. The number of rotatable bonds is 7. The fraction of sp³-hybridized carbons (Fsp3) is 0.206. The third-order valence-corrected chi connectivity index (χ3v) is 8.32. The van der Waals surface area contributed by atoms with Gasteiger partial charge in [-0.2, -0.15) is 0 Å². The maximum Gasteiger partial charge on any atom is 0.411 e. The third kappa shape index (κ3) is 4.58. The maximum atomic E-state index is 14.1. The lowest BCUT2D eigenvalue weighted by atomic mass is 9.75. The largest absolute Gasteiger partial charge is 0.457 e.